The van der Waals surface area contributed by atoms with Gasteiger partial charge in [-0.15, -0.1) is 0 Å². The van der Waals surface area contributed by atoms with E-state index in [2.05, 4.69) is 10.2 Å². The van der Waals surface area contributed by atoms with Gasteiger partial charge in [0.15, 0.2) is 0 Å². The summed E-state index contributed by atoms with van der Waals surface area (Å²) in [4.78, 5) is 25.5. The number of rotatable bonds is 3. The minimum Gasteiger partial charge on any atom is -0.481 e. The molecule has 2 N–H and O–H groups in total. The van der Waals surface area contributed by atoms with Crippen LogP contribution >= 0.6 is 0 Å². The Bertz CT molecular complexity index is 563. The number of benzene rings is 1. The predicted molar refractivity (Wildman–Crippen MR) is 86.2 cm³/mol. The number of nitrogens with one attached hydrogen (secondary N) is 1. The molecule has 120 valence electrons. The number of aliphatic carboxylic acids is 1. The Morgan fingerprint density at radius 2 is 2.05 bits per heavy atom. The Balaban J connectivity index is 2.14. The maximum Gasteiger partial charge on any atom is 0.308 e. The minimum atomic E-state index is -0.744. The van der Waals surface area contributed by atoms with E-state index in [1.165, 1.54) is 0 Å². The van der Waals surface area contributed by atoms with Crippen molar-refractivity contribution in [3.05, 3.63) is 29.8 Å². The van der Waals surface area contributed by atoms with E-state index < -0.39 is 5.97 Å². The minimum absolute atomic E-state index is 0.110. The van der Waals surface area contributed by atoms with E-state index in [-0.39, 0.29) is 17.4 Å². The van der Waals surface area contributed by atoms with Gasteiger partial charge in [0, 0.05) is 29.9 Å². The lowest BCUT2D eigenvalue weighted by molar-refractivity contribution is -0.141. The van der Waals surface area contributed by atoms with Crippen LogP contribution in [0.1, 0.15) is 44.0 Å². The van der Waals surface area contributed by atoms with Crippen molar-refractivity contribution in [3.8, 4) is 0 Å². The molecule has 0 bridgehead atoms. The number of amides is 1. The van der Waals surface area contributed by atoms with Crippen LogP contribution in [0.2, 0.25) is 0 Å². The van der Waals surface area contributed by atoms with Crippen LogP contribution in [0.25, 0.3) is 0 Å². The van der Waals surface area contributed by atoms with Crippen LogP contribution in [0.4, 0.5) is 5.69 Å². The first-order valence-electron chi connectivity index (χ1n) is 7.66. The van der Waals surface area contributed by atoms with Crippen LogP contribution in [0.3, 0.4) is 0 Å². The standard InChI is InChI=1S/C17H24N2O3/c1-17(2,3)18-15(20)12-6-4-8-14(10-12)19-9-5-7-13(11-19)16(21)22/h4,6,8,10,13H,5,7,9,11H2,1-3H3,(H,18,20)(H,21,22). The fraction of sp³-hybridized carbons (Fsp3) is 0.529. The number of carbonyl (C=O) groups excluding carboxylic acids is 1. The highest BCUT2D eigenvalue weighted by Crippen LogP contribution is 2.24. The molecule has 0 spiro atoms. The number of carbonyl (C=O) groups is 2. The molecule has 0 saturated carbocycles. The smallest absolute Gasteiger partial charge is 0.308 e. The molecule has 1 amide bonds. The molecule has 22 heavy (non-hydrogen) atoms. The zero-order valence-electron chi connectivity index (χ0n) is 13.4. The Morgan fingerprint density at radius 3 is 2.68 bits per heavy atom. The highest BCUT2D eigenvalue weighted by Gasteiger charge is 2.26. The number of carboxylic acids is 1. The summed E-state index contributed by atoms with van der Waals surface area (Å²) in [5.41, 5.74) is 1.23. The Hall–Kier alpha value is -2.04. The van der Waals surface area contributed by atoms with Gasteiger partial charge in [-0.05, 0) is 51.8 Å². The average molecular weight is 304 g/mol. The van der Waals surface area contributed by atoms with Gasteiger partial charge in [-0.1, -0.05) is 6.07 Å². The van der Waals surface area contributed by atoms with Crippen molar-refractivity contribution in [3.63, 3.8) is 0 Å². The number of carboxylic acid groups (broad SMARTS) is 1. The molecular weight excluding hydrogens is 280 g/mol. The molecule has 0 aliphatic carbocycles. The fourth-order valence-electron chi connectivity index (χ4n) is 2.67. The average Bonchev–Trinajstić information content (AvgIpc) is 2.46. The van der Waals surface area contributed by atoms with Crippen molar-refractivity contribution in [1.29, 1.82) is 0 Å². The van der Waals surface area contributed by atoms with Gasteiger partial charge in [-0.2, -0.15) is 0 Å². The van der Waals surface area contributed by atoms with E-state index >= 15 is 0 Å². The Morgan fingerprint density at radius 1 is 1.32 bits per heavy atom. The number of nitrogens with zero attached hydrogens (tertiary/aromatic N) is 1. The van der Waals surface area contributed by atoms with Gasteiger partial charge in [-0.25, -0.2) is 0 Å². The summed E-state index contributed by atoms with van der Waals surface area (Å²) in [5, 5.41) is 12.1. The third-order valence-electron chi connectivity index (χ3n) is 3.73. The molecular formula is C17H24N2O3. The van der Waals surface area contributed by atoms with Crippen LogP contribution in [-0.2, 0) is 4.79 Å². The maximum absolute atomic E-state index is 12.2. The highest BCUT2D eigenvalue weighted by molar-refractivity contribution is 5.95. The van der Waals surface area contributed by atoms with Crippen molar-refractivity contribution in [1.82, 2.24) is 5.32 Å². The molecule has 1 atom stereocenters. The van der Waals surface area contributed by atoms with E-state index in [0.29, 0.717) is 12.1 Å². The second-order valence-electron chi connectivity index (χ2n) is 6.88. The first-order valence-corrected chi connectivity index (χ1v) is 7.66. The summed E-state index contributed by atoms with van der Waals surface area (Å²) < 4.78 is 0. The van der Waals surface area contributed by atoms with Crippen LogP contribution in [-0.4, -0.2) is 35.6 Å². The lowest BCUT2D eigenvalue weighted by Gasteiger charge is -2.32. The third-order valence-corrected chi connectivity index (χ3v) is 3.73. The van der Waals surface area contributed by atoms with Gasteiger partial charge < -0.3 is 15.3 Å². The largest absolute Gasteiger partial charge is 0.481 e. The molecule has 1 heterocycles. The molecule has 0 radical (unpaired) electrons. The monoisotopic (exact) mass is 304 g/mol. The first kappa shape index (κ1) is 16.3. The molecule has 5 heteroatoms. The maximum atomic E-state index is 12.2. The zero-order valence-corrected chi connectivity index (χ0v) is 13.4. The lowest BCUT2D eigenvalue weighted by Crippen LogP contribution is -2.41. The van der Waals surface area contributed by atoms with Crippen molar-refractivity contribution in [2.75, 3.05) is 18.0 Å². The Labute approximate surface area is 131 Å². The number of anilines is 1. The molecule has 0 aromatic heterocycles. The molecule has 1 aliphatic heterocycles. The van der Waals surface area contributed by atoms with Crippen molar-refractivity contribution >= 4 is 17.6 Å². The normalized spacial score (nSPS) is 18.9. The van der Waals surface area contributed by atoms with E-state index in [9.17, 15) is 14.7 Å². The van der Waals surface area contributed by atoms with Crippen molar-refractivity contribution in [2.45, 2.75) is 39.2 Å². The van der Waals surface area contributed by atoms with Crippen LogP contribution in [0, 0.1) is 5.92 Å². The molecule has 1 unspecified atom stereocenters. The summed E-state index contributed by atoms with van der Waals surface area (Å²) in [6, 6.07) is 7.39. The van der Waals surface area contributed by atoms with E-state index in [1.54, 1.807) is 6.07 Å². The second kappa shape index (κ2) is 6.38. The number of piperidine rings is 1. The highest BCUT2D eigenvalue weighted by atomic mass is 16.4. The van der Waals surface area contributed by atoms with Crippen LogP contribution < -0.4 is 10.2 Å². The van der Waals surface area contributed by atoms with Gasteiger partial charge in [0.25, 0.3) is 5.91 Å². The molecule has 2 rings (SSSR count). The molecule has 1 aliphatic rings. The SMILES string of the molecule is CC(C)(C)NC(=O)c1cccc(N2CCCC(C(=O)O)C2)c1. The second-order valence-corrected chi connectivity index (χ2v) is 6.88. The van der Waals surface area contributed by atoms with Crippen LogP contribution in [0.15, 0.2) is 24.3 Å². The van der Waals surface area contributed by atoms with Gasteiger partial charge >= 0.3 is 5.97 Å². The van der Waals surface area contributed by atoms with Gasteiger partial charge in [0.1, 0.15) is 0 Å². The van der Waals surface area contributed by atoms with Crippen molar-refractivity contribution in [2.24, 2.45) is 5.92 Å². The summed E-state index contributed by atoms with van der Waals surface area (Å²) in [7, 11) is 0. The third kappa shape index (κ3) is 4.23. The predicted octanol–water partition coefficient (Wildman–Crippen LogP) is 2.52. The van der Waals surface area contributed by atoms with E-state index in [4.69, 9.17) is 0 Å². The zero-order chi connectivity index (χ0) is 16.3. The first-order chi connectivity index (χ1) is 10.3. The van der Waals surface area contributed by atoms with Gasteiger partial charge in [0.05, 0.1) is 5.92 Å². The van der Waals surface area contributed by atoms with Gasteiger partial charge in [-0.3, -0.25) is 9.59 Å². The summed E-state index contributed by atoms with van der Waals surface area (Å²) in [6.45, 7) is 7.15. The summed E-state index contributed by atoms with van der Waals surface area (Å²) in [5.74, 6) is -1.19. The molecule has 1 aromatic rings. The summed E-state index contributed by atoms with van der Waals surface area (Å²) >= 11 is 0. The number of hydrogen-bond donors (Lipinski definition) is 2. The quantitative estimate of drug-likeness (QED) is 0.900. The van der Waals surface area contributed by atoms with Crippen LogP contribution in [0.5, 0.6) is 0 Å². The summed E-state index contributed by atoms with van der Waals surface area (Å²) in [6.07, 6.45) is 1.57. The topological polar surface area (TPSA) is 69.6 Å². The van der Waals surface area contributed by atoms with E-state index in [1.807, 2.05) is 39.0 Å². The number of hydrogen-bond acceptors (Lipinski definition) is 3. The van der Waals surface area contributed by atoms with Gasteiger partial charge in [0.2, 0.25) is 0 Å². The fourth-order valence-corrected chi connectivity index (χ4v) is 2.67. The molecule has 1 saturated heterocycles. The lowest BCUT2D eigenvalue weighted by atomic mass is 9.97. The molecule has 1 fully saturated rings. The molecule has 1 aromatic carbocycles. The van der Waals surface area contributed by atoms with E-state index in [0.717, 1.165) is 25.1 Å². The Kier molecular flexibility index (Phi) is 4.74. The van der Waals surface area contributed by atoms with Crippen molar-refractivity contribution < 1.29 is 14.7 Å². The molecule has 5 nitrogen and oxygen atoms in total.